The summed E-state index contributed by atoms with van der Waals surface area (Å²) in [6, 6.07) is 2.29. The molecule has 1 aromatic rings. The SMILES string of the molecule is COc1cc(C(O)(O)C(O)=C(O)O)c(OC)cc1C(O)CN. The maximum Gasteiger partial charge on any atom is 0.320 e. The lowest BCUT2D eigenvalue weighted by Crippen LogP contribution is -2.30. The Hall–Kier alpha value is -2.20. The van der Waals surface area contributed by atoms with E-state index in [1.807, 2.05) is 0 Å². The first-order valence-corrected chi connectivity index (χ1v) is 6.11. The van der Waals surface area contributed by atoms with Crippen LogP contribution in [0.4, 0.5) is 0 Å². The Kier molecular flexibility index (Phi) is 5.44. The number of hydrogen-bond donors (Lipinski definition) is 7. The van der Waals surface area contributed by atoms with Gasteiger partial charge in [0, 0.05) is 12.1 Å². The number of aliphatic hydroxyl groups excluding tert-OH is 3. The number of methoxy groups -OCH3 is 2. The van der Waals surface area contributed by atoms with Gasteiger partial charge in [-0.3, -0.25) is 0 Å². The molecule has 0 aliphatic rings. The van der Waals surface area contributed by atoms with E-state index in [-0.39, 0.29) is 23.6 Å². The number of benzene rings is 1. The van der Waals surface area contributed by atoms with Crippen LogP contribution >= 0.6 is 0 Å². The monoisotopic (exact) mass is 317 g/mol. The van der Waals surface area contributed by atoms with Gasteiger partial charge in [-0.2, -0.15) is 0 Å². The van der Waals surface area contributed by atoms with Crippen LogP contribution < -0.4 is 15.2 Å². The number of aliphatic hydroxyl groups is 6. The molecule has 0 fully saturated rings. The van der Waals surface area contributed by atoms with Crippen LogP contribution in [0.25, 0.3) is 0 Å². The van der Waals surface area contributed by atoms with Crippen molar-refractivity contribution in [3.63, 3.8) is 0 Å². The number of hydrogen-bond acceptors (Lipinski definition) is 9. The molecule has 1 rings (SSSR count). The van der Waals surface area contributed by atoms with E-state index in [1.165, 1.54) is 20.3 Å². The van der Waals surface area contributed by atoms with E-state index in [1.54, 1.807) is 0 Å². The van der Waals surface area contributed by atoms with Crippen LogP contribution in [0.5, 0.6) is 11.5 Å². The summed E-state index contributed by atoms with van der Waals surface area (Å²) in [5, 5.41) is 56.8. The van der Waals surface area contributed by atoms with Gasteiger partial charge in [-0.15, -0.1) is 0 Å². The Balaban J connectivity index is 3.59. The van der Waals surface area contributed by atoms with E-state index in [0.717, 1.165) is 6.07 Å². The molecule has 0 amide bonds. The first kappa shape index (κ1) is 17.9. The van der Waals surface area contributed by atoms with Crippen LogP contribution in [0, 0.1) is 0 Å². The maximum absolute atomic E-state index is 9.95. The lowest BCUT2D eigenvalue weighted by atomic mass is 9.97. The van der Waals surface area contributed by atoms with Gasteiger partial charge in [0.15, 0.2) is 0 Å². The van der Waals surface area contributed by atoms with E-state index in [9.17, 15) is 20.4 Å². The molecule has 22 heavy (non-hydrogen) atoms. The highest BCUT2D eigenvalue weighted by molar-refractivity contribution is 5.50. The van der Waals surface area contributed by atoms with Crippen molar-refractivity contribution < 1.29 is 40.1 Å². The Bertz CT molecular complexity index is 565. The summed E-state index contributed by atoms with van der Waals surface area (Å²) >= 11 is 0. The predicted octanol–water partition coefficient (Wildman–Crippen LogP) is -0.324. The highest BCUT2D eigenvalue weighted by Gasteiger charge is 2.39. The molecule has 1 unspecified atom stereocenters. The molecular formula is C13H19NO8. The maximum atomic E-state index is 9.95. The predicted molar refractivity (Wildman–Crippen MR) is 74.6 cm³/mol. The molecule has 0 aromatic heterocycles. The smallest absolute Gasteiger partial charge is 0.320 e. The van der Waals surface area contributed by atoms with Gasteiger partial charge in [-0.1, -0.05) is 0 Å². The highest BCUT2D eigenvalue weighted by Crippen LogP contribution is 2.39. The van der Waals surface area contributed by atoms with E-state index in [2.05, 4.69) is 0 Å². The molecule has 0 spiro atoms. The third-order valence-corrected chi connectivity index (χ3v) is 3.05. The summed E-state index contributed by atoms with van der Waals surface area (Å²) in [6.45, 7) is -0.120. The second-order valence-corrected chi connectivity index (χ2v) is 4.39. The van der Waals surface area contributed by atoms with E-state index < -0.39 is 29.2 Å². The summed E-state index contributed by atoms with van der Waals surface area (Å²) in [6.07, 6.45) is -1.10. The summed E-state index contributed by atoms with van der Waals surface area (Å²) in [5.74, 6) is -6.44. The fourth-order valence-corrected chi connectivity index (χ4v) is 1.86. The first-order valence-electron chi connectivity index (χ1n) is 6.11. The van der Waals surface area contributed by atoms with Crippen molar-refractivity contribution in [3.8, 4) is 11.5 Å². The van der Waals surface area contributed by atoms with Crippen LogP contribution in [0.2, 0.25) is 0 Å². The fraction of sp³-hybridized carbons (Fsp3) is 0.385. The van der Waals surface area contributed by atoms with E-state index in [4.69, 9.17) is 25.4 Å². The second-order valence-electron chi connectivity index (χ2n) is 4.39. The van der Waals surface area contributed by atoms with Crippen molar-refractivity contribution in [1.82, 2.24) is 0 Å². The Morgan fingerprint density at radius 2 is 1.68 bits per heavy atom. The molecule has 1 atom stereocenters. The van der Waals surface area contributed by atoms with Crippen molar-refractivity contribution in [2.24, 2.45) is 5.73 Å². The summed E-state index contributed by atoms with van der Waals surface area (Å²) in [4.78, 5) is 0. The molecule has 9 nitrogen and oxygen atoms in total. The number of rotatable bonds is 6. The summed E-state index contributed by atoms with van der Waals surface area (Å²) < 4.78 is 10.00. The van der Waals surface area contributed by atoms with Gasteiger partial charge in [-0.05, 0) is 12.1 Å². The third kappa shape index (κ3) is 3.17. The minimum Gasteiger partial charge on any atom is -0.502 e. The lowest BCUT2D eigenvalue weighted by molar-refractivity contribution is -0.168. The molecule has 0 heterocycles. The quantitative estimate of drug-likeness (QED) is 0.275. The van der Waals surface area contributed by atoms with Crippen molar-refractivity contribution in [2.75, 3.05) is 20.8 Å². The van der Waals surface area contributed by atoms with Gasteiger partial charge in [0.25, 0.3) is 5.79 Å². The first-order chi connectivity index (χ1) is 10.2. The number of nitrogens with two attached hydrogens (primary N) is 1. The number of ether oxygens (including phenoxy) is 2. The second kappa shape index (κ2) is 6.71. The van der Waals surface area contributed by atoms with Crippen LogP contribution in [-0.2, 0) is 5.79 Å². The highest BCUT2D eigenvalue weighted by atomic mass is 16.5. The molecule has 1 aromatic carbocycles. The zero-order chi connectivity index (χ0) is 17.1. The van der Waals surface area contributed by atoms with Gasteiger partial charge in [0.2, 0.25) is 5.76 Å². The van der Waals surface area contributed by atoms with Crippen molar-refractivity contribution in [1.29, 1.82) is 0 Å². The van der Waals surface area contributed by atoms with Crippen LogP contribution in [0.1, 0.15) is 17.2 Å². The van der Waals surface area contributed by atoms with Crippen LogP contribution in [0.15, 0.2) is 23.8 Å². The molecule has 0 aliphatic carbocycles. The summed E-state index contributed by atoms with van der Waals surface area (Å²) in [7, 11) is 2.48. The molecule has 0 aliphatic heterocycles. The van der Waals surface area contributed by atoms with Gasteiger partial charge in [-0.25, -0.2) is 0 Å². The van der Waals surface area contributed by atoms with Gasteiger partial charge >= 0.3 is 5.95 Å². The Labute approximate surface area is 126 Å². The standard InChI is InChI=1S/C13H19NO8/c1-21-9-4-7(13(19,20)11(16)12(17)18)10(22-2)3-6(9)8(15)5-14/h3-4,8,15-20H,5,14H2,1-2H3. The Morgan fingerprint density at radius 3 is 2.09 bits per heavy atom. The van der Waals surface area contributed by atoms with Gasteiger partial charge in [0.05, 0.1) is 25.9 Å². The molecule has 0 saturated heterocycles. The molecule has 0 saturated carbocycles. The van der Waals surface area contributed by atoms with Crippen molar-refractivity contribution in [2.45, 2.75) is 11.9 Å². The molecule has 9 heteroatoms. The molecule has 0 radical (unpaired) electrons. The van der Waals surface area contributed by atoms with E-state index in [0.29, 0.717) is 0 Å². The lowest BCUT2D eigenvalue weighted by Gasteiger charge is -2.25. The minimum atomic E-state index is -3.15. The topological polar surface area (TPSA) is 166 Å². The normalized spacial score (nSPS) is 12.6. The molecular weight excluding hydrogens is 298 g/mol. The Morgan fingerprint density at radius 1 is 1.14 bits per heavy atom. The van der Waals surface area contributed by atoms with Gasteiger partial charge < -0.3 is 45.8 Å². The molecule has 0 bridgehead atoms. The average molecular weight is 317 g/mol. The average Bonchev–Trinajstić information content (AvgIpc) is 2.51. The molecule has 124 valence electrons. The third-order valence-electron chi connectivity index (χ3n) is 3.05. The summed E-state index contributed by atoms with van der Waals surface area (Å²) in [5.41, 5.74) is 5.16. The van der Waals surface area contributed by atoms with Crippen molar-refractivity contribution in [3.05, 3.63) is 35.0 Å². The van der Waals surface area contributed by atoms with E-state index >= 15 is 0 Å². The van der Waals surface area contributed by atoms with Crippen molar-refractivity contribution >= 4 is 0 Å². The zero-order valence-electron chi connectivity index (χ0n) is 12.0. The minimum absolute atomic E-state index is 0.0338. The van der Waals surface area contributed by atoms with Crippen LogP contribution in [-0.4, -0.2) is 51.4 Å². The largest absolute Gasteiger partial charge is 0.502 e. The zero-order valence-corrected chi connectivity index (χ0v) is 12.0. The van der Waals surface area contributed by atoms with Crippen LogP contribution in [0.3, 0.4) is 0 Å². The van der Waals surface area contributed by atoms with Gasteiger partial charge in [0.1, 0.15) is 11.5 Å². The fourth-order valence-electron chi connectivity index (χ4n) is 1.86. The molecule has 8 N–H and O–H groups in total.